The van der Waals surface area contributed by atoms with E-state index in [1.807, 2.05) is 30.5 Å². The molecule has 2 heterocycles. The highest BCUT2D eigenvalue weighted by molar-refractivity contribution is 5.98. The Hall–Kier alpha value is -2.04. The first kappa shape index (κ1) is 11.4. The third kappa shape index (κ3) is 1.84. The van der Waals surface area contributed by atoms with E-state index in [0.717, 1.165) is 5.82 Å². The van der Waals surface area contributed by atoms with E-state index >= 15 is 0 Å². The Morgan fingerprint density at radius 1 is 1.53 bits per heavy atom. The highest BCUT2D eigenvalue weighted by Gasteiger charge is 2.17. The fourth-order valence-corrected chi connectivity index (χ4v) is 1.80. The number of primary amides is 1. The van der Waals surface area contributed by atoms with Crippen molar-refractivity contribution in [2.24, 2.45) is 5.73 Å². The molecule has 2 aromatic heterocycles. The molecule has 2 N–H and O–H groups in total. The number of aromatic nitrogens is 2. The van der Waals surface area contributed by atoms with Gasteiger partial charge in [-0.3, -0.25) is 4.79 Å². The molecule has 2 rings (SSSR count). The van der Waals surface area contributed by atoms with Crippen molar-refractivity contribution in [1.82, 2.24) is 9.38 Å². The summed E-state index contributed by atoms with van der Waals surface area (Å²) in [5.74, 6) is 1.18. The highest BCUT2D eigenvalue weighted by atomic mass is 16.5. The Labute approximate surface area is 99.2 Å². The first-order chi connectivity index (χ1) is 8.04. The van der Waals surface area contributed by atoms with Gasteiger partial charge < -0.3 is 14.9 Å². The molecule has 0 unspecified atom stereocenters. The zero-order valence-corrected chi connectivity index (χ0v) is 10.1. The van der Waals surface area contributed by atoms with Gasteiger partial charge in [0.2, 0.25) is 0 Å². The minimum absolute atomic E-state index is 0.212. The van der Waals surface area contributed by atoms with Gasteiger partial charge >= 0.3 is 0 Å². The summed E-state index contributed by atoms with van der Waals surface area (Å²) in [4.78, 5) is 15.7. The van der Waals surface area contributed by atoms with Crippen LogP contribution >= 0.6 is 0 Å². The number of imidazole rings is 1. The number of methoxy groups -OCH3 is 1. The summed E-state index contributed by atoms with van der Waals surface area (Å²) in [6.45, 7) is 4.04. The van der Waals surface area contributed by atoms with Crippen LogP contribution in [0.2, 0.25) is 0 Å². The maximum absolute atomic E-state index is 11.4. The van der Waals surface area contributed by atoms with E-state index < -0.39 is 5.91 Å². The number of ether oxygens (including phenoxy) is 1. The quantitative estimate of drug-likeness (QED) is 0.874. The Morgan fingerprint density at radius 2 is 2.24 bits per heavy atom. The van der Waals surface area contributed by atoms with Gasteiger partial charge in [0.15, 0.2) is 5.69 Å². The standard InChI is InChI=1S/C12H15N3O2/c1-7(2)12-14-10(11(13)16)9-6-8(17-3)4-5-15(9)12/h4-7H,1-3H3,(H2,13,16). The molecule has 17 heavy (non-hydrogen) atoms. The fourth-order valence-electron chi connectivity index (χ4n) is 1.80. The van der Waals surface area contributed by atoms with Crippen LogP contribution in [0.1, 0.15) is 36.1 Å². The highest BCUT2D eigenvalue weighted by Crippen LogP contribution is 2.22. The van der Waals surface area contributed by atoms with E-state index in [2.05, 4.69) is 4.98 Å². The molecule has 0 aliphatic rings. The fraction of sp³-hybridized carbons (Fsp3) is 0.333. The monoisotopic (exact) mass is 233 g/mol. The Kier molecular flexibility index (Phi) is 2.75. The molecule has 1 amide bonds. The maximum Gasteiger partial charge on any atom is 0.269 e. The van der Waals surface area contributed by atoms with Crippen LogP contribution in [0.3, 0.4) is 0 Å². The first-order valence-electron chi connectivity index (χ1n) is 5.40. The smallest absolute Gasteiger partial charge is 0.269 e. The lowest BCUT2D eigenvalue weighted by Gasteiger charge is -2.05. The molecule has 0 aliphatic carbocycles. The molecular formula is C12H15N3O2. The van der Waals surface area contributed by atoms with Crippen molar-refractivity contribution in [3.8, 4) is 5.75 Å². The van der Waals surface area contributed by atoms with Gasteiger partial charge in [-0.2, -0.15) is 0 Å². The second kappa shape index (κ2) is 4.08. The Bertz CT molecular complexity index is 572. The Morgan fingerprint density at radius 3 is 2.76 bits per heavy atom. The molecule has 0 atom stereocenters. The molecule has 90 valence electrons. The number of nitrogens with two attached hydrogens (primary N) is 1. The maximum atomic E-state index is 11.4. The van der Waals surface area contributed by atoms with E-state index in [1.54, 1.807) is 13.2 Å². The van der Waals surface area contributed by atoms with Crippen molar-refractivity contribution in [3.05, 3.63) is 29.8 Å². The largest absolute Gasteiger partial charge is 0.497 e. The summed E-state index contributed by atoms with van der Waals surface area (Å²) < 4.78 is 7.00. The SMILES string of the molecule is COc1ccn2c(C(C)C)nc(C(N)=O)c2c1. The van der Waals surface area contributed by atoms with Crippen LogP contribution in [0.5, 0.6) is 5.75 Å². The molecule has 0 aromatic carbocycles. The molecular weight excluding hydrogens is 218 g/mol. The predicted octanol–water partition coefficient (Wildman–Crippen LogP) is 1.57. The van der Waals surface area contributed by atoms with Crippen molar-refractivity contribution in [2.75, 3.05) is 7.11 Å². The van der Waals surface area contributed by atoms with Crippen LogP contribution in [-0.2, 0) is 0 Å². The number of nitrogens with zero attached hydrogens (tertiary/aromatic N) is 2. The lowest BCUT2D eigenvalue weighted by atomic mass is 10.2. The van der Waals surface area contributed by atoms with Gasteiger partial charge in [0.1, 0.15) is 11.6 Å². The zero-order chi connectivity index (χ0) is 12.6. The van der Waals surface area contributed by atoms with Crippen LogP contribution < -0.4 is 10.5 Å². The van der Waals surface area contributed by atoms with E-state index in [-0.39, 0.29) is 11.6 Å². The predicted molar refractivity (Wildman–Crippen MR) is 64.4 cm³/mol. The van der Waals surface area contributed by atoms with E-state index in [1.165, 1.54) is 0 Å². The van der Waals surface area contributed by atoms with E-state index in [0.29, 0.717) is 11.3 Å². The van der Waals surface area contributed by atoms with E-state index in [9.17, 15) is 4.79 Å². The van der Waals surface area contributed by atoms with Gasteiger partial charge in [-0.1, -0.05) is 13.8 Å². The lowest BCUT2D eigenvalue weighted by molar-refractivity contribution is 0.0997. The summed E-state index contributed by atoms with van der Waals surface area (Å²) in [6.07, 6.45) is 1.84. The van der Waals surface area contributed by atoms with Crippen LogP contribution in [0.4, 0.5) is 0 Å². The summed E-state index contributed by atoms with van der Waals surface area (Å²) >= 11 is 0. The molecule has 5 nitrogen and oxygen atoms in total. The summed E-state index contributed by atoms with van der Waals surface area (Å²) in [5, 5.41) is 0. The van der Waals surface area contributed by atoms with Gasteiger partial charge in [-0.05, 0) is 6.07 Å². The van der Waals surface area contributed by atoms with Crippen molar-refractivity contribution >= 4 is 11.4 Å². The third-order valence-electron chi connectivity index (χ3n) is 2.63. The lowest BCUT2D eigenvalue weighted by Crippen LogP contribution is -2.12. The van der Waals surface area contributed by atoms with Crippen molar-refractivity contribution in [3.63, 3.8) is 0 Å². The number of amides is 1. The molecule has 0 radical (unpaired) electrons. The first-order valence-corrected chi connectivity index (χ1v) is 5.40. The molecule has 0 fully saturated rings. The summed E-state index contributed by atoms with van der Waals surface area (Å²) in [6, 6.07) is 3.59. The molecule has 0 bridgehead atoms. The second-order valence-electron chi connectivity index (χ2n) is 4.16. The van der Waals surface area contributed by atoms with Crippen LogP contribution in [-0.4, -0.2) is 22.4 Å². The van der Waals surface area contributed by atoms with Crippen molar-refractivity contribution in [1.29, 1.82) is 0 Å². The number of rotatable bonds is 3. The second-order valence-corrected chi connectivity index (χ2v) is 4.16. The number of carbonyl (C=O) groups excluding carboxylic acids is 1. The minimum Gasteiger partial charge on any atom is -0.497 e. The number of pyridine rings is 1. The number of hydrogen-bond acceptors (Lipinski definition) is 3. The number of carbonyl (C=O) groups is 1. The molecule has 0 spiro atoms. The topological polar surface area (TPSA) is 69.6 Å². The average Bonchev–Trinajstić information content (AvgIpc) is 2.67. The molecule has 5 heteroatoms. The van der Waals surface area contributed by atoms with Crippen LogP contribution in [0.15, 0.2) is 18.3 Å². The van der Waals surface area contributed by atoms with Gasteiger partial charge in [-0.25, -0.2) is 4.98 Å². The summed E-state index contributed by atoms with van der Waals surface area (Å²) in [7, 11) is 1.58. The molecule has 0 aliphatic heterocycles. The third-order valence-corrected chi connectivity index (χ3v) is 2.63. The average molecular weight is 233 g/mol. The van der Waals surface area contributed by atoms with Gasteiger partial charge in [-0.15, -0.1) is 0 Å². The number of hydrogen-bond donors (Lipinski definition) is 1. The van der Waals surface area contributed by atoms with Crippen molar-refractivity contribution in [2.45, 2.75) is 19.8 Å². The normalized spacial score (nSPS) is 11.1. The molecule has 0 saturated carbocycles. The van der Waals surface area contributed by atoms with Gasteiger partial charge in [0.25, 0.3) is 5.91 Å². The summed E-state index contributed by atoms with van der Waals surface area (Å²) in [5.41, 5.74) is 6.30. The molecule has 0 saturated heterocycles. The number of fused-ring (bicyclic) bond motifs is 1. The van der Waals surface area contributed by atoms with Gasteiger partial charge in [0.05, 0.1) is 12.6 Å². The van der Waals surface area contributed by atoms with Crippen LogP contribution in [0, 0.1) is 0 Å². The Balaban J connectivity index is 2.76. The molecule has 2 aromatic rings. The van der Waals surface area contributed by atoms with Crippen molar-refractivity contribution < 1.29 is 9.53 Å². The van der Waals surface area contributed by atoms with Gasteiger partial charge in [0, 0.05) is 18.2 Å². The van der Waals surface area contributed by atoms with Crippen LogP contribution in [0.25, 0.3) is 5.52 Å². The zero-order valence-electron chi connectivity index (χ0n) is 10.1. The minimum atomic E-state index is -0.525. The van der Waals surface area contributed by atoms with E-state index in [4.69, 9.17) is 10.5 Å².